The molecule has 26 heavy (non-hydrogen) atoms. The number of nitrogens with zero attached hydrogens (tertiary/aromatic N) is 4. The van der Waals surface area contributed by atoms with Crippen LogP contribution in [0.2, 0.25) is 0 Å². The molecule has 7 nitrogen and oxygen atoms in total. The Morgan fingerprint density at radius 3 is 2.42 bits per heavy atom. The third-order valence-electron chi connectivity index (χ3n) is 3.72. The second kappa shape index (κ2) is 8.06. The van der Waals surface area contributed by atoms with E-state index < -0.39 is 0 Å². The van der Waals surface area contributed by atoms with Gasteiger partial charge < -0.3 is 15.5 Å². The van der Waals surface area contributed by atoms with Gasteiger partial charge in [-0.3, -0.25) is 9.78 Å². The van der Waals surface area contributed by atoms with Crippen LogP contribution >= 0.6 is 0 Å². The fraction of sp³-hybridized carbons (Fsp3) is 0.158. The first-order chi connectivity index (χ1) is 12.6. The third-order valence-corrected chi connectivity index (χ3v) is 3.72. The molecular weight excluding hydrogens is 328 g/mol. The number of amides is 1. The molecule has 1 amide bonds. The fourth-order valence-electron chi connectivity index (χ4n) is 2.27. The highest BCUT2D eigenvalue weighted by Gasteiger charge is 2.09. The summed E-state index contributed by atoms with van der Waals surface area (Å²) in [7, 11) is 3.93. The SMILES string of the molecule is CN(C)c1ccc(NC(=O)c2ccc(NCc3ccccn3)nn2)cc1. The number of nitrogens with one attached hydrogen (secondary N) is 2. The zero-order valence-corrected chi connectivity index (χ0v) is 14.7. The Bertz CT molecular complexity index is 847. The average molecular weight is 348 g/mol. The molecule has 0 fully saturated rings. The molecular formula is C19H20N6O. The van der Waals surface area contributed by atoms with Crippen molar-refractivity contribution in [2.75, 3.05) is 29.6 Å². The summed E-state index contributed by atoms with van der Waals surface area (Å²) in [5.74, 6) is 0.286. The fourth-order valence-corrected chi connectivity index (χ4v) is 2.27. The first-order valence-corrected chi connectivity index (χ1v) is 8.18. The number of aromatic nitrogens is 3. The molecule has 1 aromatic carbocycles. The molecule has 0 bridgehead atoms. The van der Waals surface area contributed by atoms with Gasteiger partial charge in [-0.15, -0.1) is 10.2 Å². The van der Waals surface area contributed by atoms with Gasteiger partial charge in [0.2, 0.25) is 0 Å². The van der Waals surface area contributed by atoms with Gasteiger partial charge in [0, 0.05) is 31.7 Å². The van der Waals surface area contributed by atoms with Crippen LogP contribution in [0.1, 0.15) is 16.2 Å². The number of pyridine rings is 1. The molecule has 0 radical (unpaired) electrons. The van der Waals surface area contributed by atoms with Gasteiger partial charge in [-0.25, -0.2) is 0 Å². The molecule has 3 rings (SSSR count). The summed E-state index contributed by atoms with van der Waals surface area (Å²) in [5, 5.41) is 13.9. The Kier molecular flexibility index (Phi) is 5.38. The second-order valence-electron chi connectivity index (χ2n) is 5.87. The molecule has 2 heterocycles. The molecule has 0 atom stereocenters. The minimum absolute atomic E-state index is 0.255. The van der Waals surface area contributed by atoms with Gasteiger partial charge in [-0.1, -0.05) is 6.07 Å². The van der Waals surface area contributed by atoms with E-state index in [-0.39, 0.29) is 11.6 Å². The van der Waals surface area contributed by atoms with Crippen molar-refractivity contribution in [1.29, 1.82) is 0 Å². The van der Waals surface area contributed by atoms with Crippen LogP contribution in [-0.4, -0.2) is 35.2 Å². The summed E-state index contributed by atoms with van der Waals surface area (Å²) in [4.78, 5) is 18.5. The first-order valence-electron chi connectivity index (χ1n) is 8.18. The molecule has 0 aliphatic carbocycles. The van der Waals surface area contributed by atoms with Crippen molar-refractivity contribution in [1.82, 2.24) is 15.2 Å². The topological polar surface area (TPSA) is 83.0 Å². The molecule has 0 aliphatic rings. The van der Waals surface area contributed by atoms with Crippen molar-refractivity contribution in [3.63, 3.8) is 0 Å². The largest absolute Gasteiger partial charge is 0.378 e. The number of carbonyl (C=O) groups excluding carboxylic acids is 1. The van der Waals surface area contributed by atoms with E-state index in [9.17, 15) is 4.79 Å². The van der Waals surface area contributed by atoms with Crippen molar-refractivity contribution in [3.8, 4) is 0 Å². The van der Waals surface area contributed by atoms with Crippen molar-refractivity contribution in [2.45, 2.75) is 6.54 Å². The molecule has 3 aromatic rings. The number of carbonyl (C=O) groups is 1. The van der Waals surface area contributed by atoms with Gasteiger partial charge in [0.05, 0.1) is 12.2 Å². The lowest BCUT2D eigenvalue weighted by molar-refractivity contribution is 0.102. The Labute approximate surface area is 152 Å². The molecule has 0 spiro atoms. The highest BCUT2D eigenvalue weighted by Crippen LogP contribution is 2.16. The zero-order valence-electron chi connectivity index (χ0n) is 14.7. The smallest absolute Gasteiger partial charge is 0.276 e. The number of benzene rings is 1. The van der Waals surface area contributed by atoms with Gasteiger partial charge >= 0.3 is 0 Å². The van der Waals surface area contributed by atoms with Crippen LogP contribution in [0.5, 0.6) is 0 Å². The van der Waals surface area contributed by atoms with Crippen LogP contribution < -0.4 is 15.5 Å². The Balaban J connectivity index is 1.58. The van der Waals surface area contributed by atoms with Gasteiger partial charge in [0.25, 0.3) is 5.91 Å². The van der Waals surface area contributed by atoms with Gasteiger partial charge in [0.1, 0.15) is 5.82 Å². The maximum Gasteiger partial charge on any atom is 0.276 e. The number of rotatable bonds is 6. The number of hydrogen-bond acceptors (Lipinski definition) is 6. The van der Waals surface area contributed by atoms with Crippen molar-refractivity contribution >= 4 is 23.1 Å². The molecule has 2 N–H and O–H groups in total. The van der Waals surface area contributed by atoms with Crippen LogP contribution in [0.15, 0.2) is 60.8 Å². The van der Waals surface area contributed by atoms with E-state index in [2.05, 4.69) is 25.8 Å². The van der Waals surface area contributed by atoms with Crippen LogP contribution in [0.4, 0.5) is 17.2 Å². The van der Waals surface area contributed by atoms with Crippen LogP contribution in [0.25, 0.3) is 0 Å². The van der Waals surface area contributed by atoms with E-state index >= 15 is 0 Å². The highest BCUT2D eigenvalue weighted by atomic mass is 16.1. The Morgan fingerprint density at radius 2 is 1.81 bits per heavy atom. The van der Waals surface area contributed by atoms with Gasteiger partial charge in [-0.05, 0) is 48.5 Å². The minimum Gasteiger partial charge on any atom is -0.378 e. The van der Waals surface area contributed by atoms with Crippen LogP contribution in [0.3, 0.4) is 0 Å². The third kappa shape index (κ3) is 4.54. The van der Waals surface area contributed by atoms with Crippen molar-refractivity contribution in [2.24, 2.45) is 0 Å². The molecule has 7 heteroatoms. The second-order valence-corrected chi connectivity index (χ2v) is 5.87. The summed E-state index contributed by atoms with van der Waals surface area (Å²) < 4.78 is 0. The van der Waals surface area contributed by atoms with E-state index in [1.807, 2.05) is 61.5 Å². The molecule has 0 unspecified atom stereocenters. The minimum atomic E-state index is -0.300. The normalized spacial score (nSPS) is 10.2. The lowest BCUT2D eigenvalue weighted by atomic mass is 10.2. The first kappa shape index (κ1) is 17.3. The van der Waals surface area contributed by atoms with Crippen LogP contribution in [0, 0.1) is 0 Å². The van der Waals surface area contributed by atoms with E-state index in [1.54, 1.807) is 18.3 Å². The molecule has 2 aromatic heterocycles. The average Bonchev–Trinajstić information content (AvgIpc) is 2.68. The lowest BCUT2D eigenvalue weighted by Gasteiger charge is -2.13. The van der Waals surface area contributed by atoms with Gasteiger partial charge in [-0.2, -0.15) is 0 Å². The maximum absolute atomic E-state index is 12.3. The molecule has 0 saturated heterocycles. The number of anilines is 3. The van der Waals surface area contributed by atoms with E-state index in [0.29, 0.717) is 18.1 Å². The number of hydrogen-bond donors (Lipinski definition) is 2. The predicted molar refractivity (Wildman–Crippen MR) is 102 cm³/mol. The van der Waals surface area contributed by atoms with Crippen molar-refractivity contribution in [3.05, 3.63) is 72.2 Å². The Morgan fingerprint density at radius 1 is 1.00 bits per heavy atom. The Hall–Kier alpha value is -3.48. The summed E-state index contributed by atoms with van der Waals surface area (Å²) in [6.45, 7) is 0.541. The van der Waals surface area contributed by atoms with Crippen molar-refractivity contribution < 1.29 is 4.79 Å². The summed E-state index contributed by atoms with van der Waals surface area (Å²) in [5.41, 5.74) is 2.92. The predicted octanol–water partition coefficient (Wildman–Crippen LogP) is 2.80. The maximum atomic E-state index is 12.3. The van der Waals surface area contributed by atoms with E-state index in [4.69, 9.17) is 0 Å². The highest BCUT2D eigenvalue weighted by molar-refractivity contribution is 6.02. The standard InChI is InChI=1S/C19H20N6O/c1-25(2)16-8-6-14(7-9-16)22-19(26)17-10-11-18(24-23-17)21-13-15-5-3-4-12-20-15/h3-12H,13H2,1-2H3,(H,21,24)(H,22,26). The monoisotopic (exact) mass is 348 g/mol. The van der Waals surface area contributed by atoms with E-state index in [0.717, 1.165) is 11.4 Å². The van der Waals surface area contributed by atoms with Gasteiger partial charge in [0.15, 0.2) is 5.69 Å². The quantitative estimate of drug-likeness (QED) is 0.713. The summed E-state index contributed by atoms with van der Waals surface area (Å²) in [6.07, 6.45) is 1.74. The van der Waals surface area contributed by atoms with Crippen LogP contribution in [-0.2, 0) is 6.54 Å². The molecule has 132 valence electrons. The lowest BCUT2D eigenvalue weighted by Crippen LogP contribution is -2.15. The zero-order chi connectivity index (χ0) is 18.4. The molecule has 0 aliphatic heterocycles. The summed E-state index contributed by atoms with van der Waals surface area (Å²) >= 11 is 0. The molecule has 0 saturated carbocycles. The summed E-state index contributed by atoms with van der Waals surface area (Å²) in [6, 6.07) is 16.6. The van der Waals surface area contributed by atoms with E-state index in [1.165, 1.54) is 0 Å².